The quantitative estimate of drug-likeness (QED) is 0.757. The number of hydrogen-bond donors (Lipinski definition) is 1. The van der Waals surface area contributed by atoms with Crippen LogP contribution in [0, 0.1) is 6.92 Å². The summed E-state index contributed by atoms with van der Waals surface area (Å²) in [5.74, 6) is 1.24. The Balaban J connectivity index is 1.84. The number of nitrogens with zero attached hydrogens (tertiary/aromatic N) is 2. The van der Waals surface area contributed by atoms with Crippen LogP contribution in [0.25, 0.3) is 22.5 Å². The Hall–Kier alpha value is -3.12. The third kappa shape index (κ3) is 3.27. The summed E-state index contributed by atoms with van der Waals surface area (Å²) in [6, 6.07) is 9.20. The van der Waals surface area contributed by atoms with Crippen molar-refractivity contribution in [3.05, 3.63) is 64.1 Å². The Morgan fingerprint density at radius 3 is 2.61 bits per heavy atom. The largest absolute Gasteiger partial charge is 0.493 e. The zero-order valence-corrected chi connectivity index (χ0v) is 16.3. The summed E-state index contributed by atoms with van der Waals surface area (Å²) in [6.07, 6.45) is 5.03. The lowest BCUT2D eigenvalue weighted by molar-refractivity contribution is 0.355. The van der Waals surface area contributed by atoms with Crippen LogP contribution in [0.3, 0.4) is 0 Å². The van der Waals surface area contributed by atoms with Gasteiger partial charge >= 0.3 is 0 Å². The van der Waals surface area contributed by atoms with Gasteiger partial charge in [0.05, 0.1) is 19.9 Å². The fourth-order valence-corrected chi connectivity index (χ4v) is 3.57. The molecule has 0 unspecified atom stereocenters. The first-order chi connectivity index (χ1) is 13.6. The van der Waals surface area contributed by atoms with E-state index < -0.39 is 0 Å². The predicted molar refractivity (Wildman–Crippen MR) is 110 cm³/mol. The molecule has 2 aromatic heterocycles. The SMILES string of the molecule is COc1ccc(-c2cc(=O)n3cc(C4=CCNCC4)cc(C)c3n2)cc1OC. The van der Waals surface area contributed by atoms with E-state index in [0.29, 0.717) is 22.8 Å². The molecule has 0 radical (unpaired) electrons. The number of fused-ring (bicyclic) bond motifs is 1. The monoisotopic (exact) mass is 377 g/mol. The van der Waals surface area contributed by atoms with Crippen LogP contribution in [0.1, 0.15) is 17.5 Å². The van der Waals surface area contributed by atoms with Gasteiger partial charge in [0.15, 0.2) is 11.5 Å². The fraction of sp³-hybridized carbons (Fsp3) is 0.273. The topological polar surface area (TPSA) is 64.9 Å². The molecule has 6 heteroatoms. The van der Waals surface area contributed by atoms with Crippen molar-refractivity contribution in [3.63, 3.8) is 0 Å². The Labute approximate surface area is 163 Å². The van der Waals surface area contributed by atoms with Gasteiger partial charge in [0, 0.05) is 24.4 Å². The molecule has 1 N–H and O–H groups in total. The Bertz CT molecular complexity index is 1130. The van der Waals surface area contributed by atoms with E-state index in [1.54, 1.807) is 24.7 Å². The van der Waals surface area contributed by atoms with E-state index in [9.17, 15) is 4.79 Å². The zero-order chi connectivity index (χ0) is 19.7. The number of rotatable bonds is 4. The van der Waals surface area contributed by atoms with Crippen LogP contribution >= 0.6 is 0 Å². The first kappa shape index (κ1) is 18.3. The summed E-state index contributed by atoms with van der Waals surface area (Å²) in [4.78, 5) is 17.6. The zero-order valence-electron chi connectivity index (χ0n) is 16.3. The number of benzene rings is 1. The van der Waals surface area contributed by atoms with Gasteiger partial charge < -0.3 is 14.8 Å². The molecule has 0 saturated carbocycles. The van der Waals surface area contributed by atoms with Crippen molar-refractivity contribution in [2.45, 2.75) is 13.3 Å². The molecule has 1 aromatic carbocycles. The minimum atomic E-state index is -0.103. The van der Waals surface area contributed by atoms with Crippen LogP contribution < -0.4 is 20.3 Å². The number of pyridine rings is 1. The molecule has 0 amide bonds. The van der Waals surface area contributed by atoms with Crippen molar-refractivity contribution in [2.75, 3.05) is 27.3 Å². The molecule has 0 bridgehead atoms. The number of ether oxygens (including phenoxy) is 2. The molecule has 144 valence electrons. The van der Waals surface area contributed by atoms with Gasteiger partial charge in [-0.05, 0) is 60.9 Å². The van der Waals surface area contributed by atoms with E-state index >= 15 is 0 Å². The molecule has 0 aliphatic carbocycles. The summed E-state index contributed by atoms with van der Waals surface area (Å²) in [6.45, 7) is 3.80. The molecular formula is C22H23N3O3. The second-order valence-corrected chi connectivity index (χ2v) is 6.84. The molecule has 3 aromatic rings. The molecule has 3 heterocycles. The van der Waals surface area contributed by atoms with Crippen LogP contribution in [0.2, 0.25) is 0 Å². The summed E-state index contributed by atoms with van der Waals surface area (Å²) in [5, 5.41) is 3.31. The molecule has 1 aliphatic heterocycles. The standard InChI is InChI=1S/C22H23N3O3/c1-14-10-17(15-6-8-23-9-7-15)13-25-21(26)12-18(24-22(14)25)16-4-5-19(27-2)20(11-16)28-3/h4-6,10-13,23H,7-9H2,1-3H3. The van der Waals surface area contributed by atoms with Gasteiger partial charge in [-0.1, -0.05) is 6.08 Å². The molecular weight excluding hydrogens is 354 g/mol. The van der Waals surface area contributed by atoms with Gasteiger partial charge in [-0.15, -0.1) is 0 Å². The summed E-state index contributed by atoms with van der Waals surface area (Å²) in [5.41, 5.74) is 5.29. The van der Waals surface area contributed by atoms with E-state index in [0.717, 1.165) is 36.2 Å². The number of hydrogen-bond acceptors (Lipinski definition) is 5. The molecule has 0 spiro atoms. The van der Waals surface area contributed by atoms with Crippen LogP contribution in [-0.2, 0) is 0 Å². The number of aromatic nitrogens is 2. The normalized spacial score (nSPS) is 14.0. The maximum Gasteiger partial charge on any atom is 0.258 e. The van der Waals surface area contributed by atoms with Crippen molar-refractivity contribution in [2.24, 2.45) is 0 Å². The highest BCUT2D eigenvalue weighted by Crippen LogP contribution is 2.31. The van der Waals surface area contributed by atoms with Crippen molar-refractivity contribution in [3.8, 4) is 22.8 Å². The Morgan fingerprint density at radius 2 is 1.89 bits per heavy atom. The number of methoxy groups -OCH3 is 2. The molecule has 4 rings (SSSR count). The van der Waals surface area contributed by atoms with Gasteiger partial charge in [0.25, 0.3) is 5.56 Å². The average molecular weight is 377 g/mol. The lowest BCUT2D eigenvalue weighted by Crippen LogP contribution is -2.21. The maximum absolute atomic E-state index is 12.9. The fourth-order valence-electron chi connectivity index (χ4n) is 3.57. The molecule has 0 atom stereocenters. The maximum atomic E-state index is 12.9. The summed E-state index contributed by atoms with van der Waals surface area (Å²) < 4.78 is 12.3. The highest BCUT2D eigenvalue weighted by Gasteiger charge is 2.13. The van der Waals surface area contributed by atoms with Crippen molar-refractivity contribution >= 4 is 11.2 Å². The minimum absolute atomic E-state index is 0.103. The van der Waals surface area contributed by atoms with E-state index in [4.69, 9.17) is 14.5 Å². The molecule has 1 aliphatic rings. The first-order valence-electron chi connectivity index (χ1n) is 9.27. The lowest BCUT2D eigenvalue weighted by Gasteiger charge is -2.16. The predicted octanol–water partition coefficient (Wildman–Crippen LogP) is 3.06. The van der Waals surface area contributed by atoms with Crippen molar-refractivity contribution in [1.82, 2.24) is 14.7 Å². The van der Waals surface area contributed by atoms with Crippen LogP contribution in [0.15, 0.2) is 47.4 Å². The second kappa shape index (κ2) is 7.48. The smallest absolute Gasteiger partial charge is 0.258 e. The molecule has 0 fully saturated rings. The van der Waals surface area contributed by atoms with Gasteiger partial charge in [0.1, 0.15) is 5.65 Å². The molecule has 6 nitrogen and oxygen atoms in total. The van der Waals surface area contributed by atoms with Crippen LogP contribution in [0.5, 0.6) is 11.5 Å². The van der Waals surface area contributed by atoms with E-state index in [1.807, 2.05) is 31.3 Å². The lowest BCUT2D eigenvalue weighted by atomic mass is 10.0. The summed E-state index contributed by atoms with van der Waals surface area (Å²) in [7, 11) is 3.18. The highest BCUT2D eigenvalue weighted by atomic mass is 16.5. The Kier molecular flexibility index (Phi) is 4.88. The van der Waals surface area contributed by atoms with Gasteiger partial charge in [0.2, 0.25) is 0 Å². The number of aryl methyl sites for hydroxylation is 1. The van der Waals surface area contributed by atoms with E-state index in [-0.39, 0.29) is 5.56 Å². The Morgan fingerprint density at radius 1 is 1.07 bits per heavy atom. The van der Waals surface area contributed by atoms with E-state index in [2.05, 4.69) is 17.5 Å². The molecule has 0 saturated heterocycles. The van der Waals surface area contributed by atoms with Crippen LogP contribution in [0.4, 0.5) is 0 Å². The van der Waals surface area contributed by atoms with Crippen LogP contribution in [-0.4, -0.2) is 36.7 Å². The van der Waals surface area contributed by atoms with Gasteiger partial charge in [-0.3, -0.25) is 9.20 Å². The second-order valence-electron chi connectivity index (χ2n) is 6.84. The van der Waals surface area contributed by atoms with Gasteiger partial charge in [-0.2, -0.15) is 0 Å². The average Bonchev–Trinajstić information content (AvgIpc) is 2.74. The van der Waals surface area contributed by atoms with Gasteiger partial charge in [-0.25, -0.2) is 4.98 Å². The minimum Gasteiger partial charge on any atom is -0.493 e. The first-order valence-corrected chi connectivity index (χ1v) is 9.27. The van der Waals surface area contributed by atoms with Crippen molar-refractivity contribution in [1.29, 1.82) is 0 Å². The van der Waals surface area contributed by atoms with E-state index in [1.165, 1.54) is 5.57 Å². The van der Waals surface area contributed by atoms with Crippen molar-refractivity contribution < 1.29 is 9.47 Å². The third-order valence-corrected chi connectivity index (χ3v) is 5.06. The number of nitrogens with one attached hydrogen (secondary N) is 1. The highest BCUT2D eigenvalue weighted by molar-refractivity contribution is 5.70. The third-order valence-electron chi connectivity index (χ3n) is 5.06. The molecule has 28 heavy (non-hydrogen) atoms. The summed E-state index contributed by atoms with van der Waals surface area (Å²) >= 11 is 0.